The molecular formula is C19H26FN5OSi. The van der Waals surface area contributed by atoms with E-state index in [1.807, 2.05) is 16.9 Å². The number of hydrogen-bond donors (Lipinski definition) is 2. The predicted molar refractivity (Wildman–Crippen MR) is 107 cm³/mol. The summed E-state index contributed by atoms with van der Waals surface area (Å²) in [7, 11) is -1.17. The van der Waals surface area contributed by atoms with Crippen LogP contribution in [0.3, 0.4) is 0 Å². The predicted octanol–water partition coefficient (Wildman–Crippen LogP) is 3.56. The van der Waals surface area contributed by atoms with E-state index >= 15 is 4.39 Å². The Labute approximate surface area is 159 Å². The molecule has 0 bridgehead atoms. The first-order valence-electron chi connectivity index (χ1n) is 9.41. The van der Waals surface area contributed by atoms with Crippen molar-refractivity contribution in [2.24, 2.45) is 0 Å². The molecule has 6 nitrogen and oxygen atoms in total. The van der Waals surface area contributed by atoms with E-state index < -0.39 is 8.07 Å². The van der Waals surface area contributed by atoms with Gasteiger partial charge in [-0.2, -0.15) is 5.10 Å². The Hall–Kier alpha value is -2.03. The van der Waals surface area contributed by atoms with E-state index in [0.29, 0.717) is 29.6 Å². The minimum absolute atomic E-state index is 0.180. The third kappa shape index (κ3) is 3.83. The van der Waals surface area contributed by atoms with Crippen LogP contribution in [0.4, 0.5) is 4.39 Å². The van der Waals surface area contributed by atoms with Crippen molar-refractivity contribution < 1.29 is 9.13 Å². The summed E-state index contributed by atoms with van der Waals surface area (Å²) in [5, 5.41) is 8.43. The summed E-state index contributed by atoms with van der Waals surface area (Å²) in [5.41, 5.74) is 2.33. The van der Waals surface area contributed by atoms with Gasteiger partial charge in [0, 0.05) is 56.7 Å². The molecule has 4 heterocycles. The molecule has 27 heavy (non-hydrogen) atoms. The van der Waals surface area contributed by atoms with Crippen molar-refractivity contribution in [1.29, 1.82) is 0 Å². The summed E-state index contributed by atoms with van der Waals surface area (Å²) in [5.74, 6) is -0.318. The van der Waals surface area contributed by atoms with Gasteiger partial charge in [-0.3, -0.25) is 4.68 Å². The van der Waals surface area contributed by atoms with E-state index in [-0.39, 0.29) is 12.4 Å². The molecule has 1 aliphatic rings. The monoisotopic (exact) mass is 387 g/mol. The van der Waals surface area contributed by atoms with Gasteiger partial charge in [0.15, 0.2) is 5.82 Å². The highest BCUT2D eigenvalue weighted by atomic mass is 28.3. The first-order chi connectivity index (χ1) is 12.9. The van der Waals surface area contributed by atoms with Crippen LogP contribution in [-0.2, 0) is 11.3 Å². The van der Waals surface area contributed by atoms with Crippen molar-refractivity contribution in [2.45, 2.75) is 38.3 Å². The Morgan fingerprint density at radius 2 is 2.15 bits per heavy atom. The Balaban J connectivity index is 1.62. The Morgan fingerprint density at radius 3 is 2.85 bits per heavy atom. The quantitative estimate of drug-likeness (QED) is 0.480. The second-order valence-corrected chi connectivity index (χ2v) is 14.0. The van der Waals surface area contributed by atoms with E-state index in [2.05, 4.69) is 40.0 Å². The molecule has 0 unspecified atom stereocenters. The van der Waals surface area contributed by atoms with Crippen LogP contribution in [0.15, 0.2) is 24.7 Å². The number of nitrogens with zero attached hydrogens (tertiary/aromatic N) is 3. The molecule has 1 aliphatic heterocycles. The molecule has 0 aliphatic carbocycles. The van der Waals surface area contributed by atoms with Crippen LogP contribution in [0, 0.1) is 5.82 Å². The Morgan fingerprint density at radius 1 is 1.33 bits per heavy atom. The first kappa shape index (κ1) is 18.3. The standard InChI is InChI=1S/C19H26FN5OSi/c1-27(2,3)7-6-26-12-16-18(20)17(15-4-5-22-19(15)24-16)13-8-23-25(11-13)14-9-21-10-14/h4-5,8,11,14,21H,6-7,9-10,12H2,1-3H3,(H,22,24). The maximum absolute atomic E-state index is 15.3. The number of hydrogen-bond acceptors (Lipinski definition) is 4. The van der Waals surface area contributed by atoms with E-state index in [1.165, 1.54) is 0 Å². The number of aromatic nitrogens is 4. The second-order valence-electron chi connectivity index (χ2n) is 8.37. The Kier molecular flexibility index (Phi) is 4.87. The van der Waals surface area contributed by atoms with Crippen molar-refractivity contribution in [3.63, 3.8) is 0 Å². The fourth-order valence-corrected chi connectivity index (χ4v) is 3.91. The number of halogens is 1. The van der Waals surface area contributed by atoms with Gasteiger partial charge in [-0.25, -0.2) is 9.37 Å². The zero-order valence-corrected chi connectivity index (χ0v) is 17.1. The molecule has 144 valence electrons. The van der Waals surface area contributed by atoms with Crippen molar-refractivity contribution in [2.75, 3.05) is 19.7 Å². The van der Waals surface area contributed by atoms with Crippen molar-refractivity contribution in [3.8, 4) is 11.1 Å². The molecule has 1 fully saturated rings. The molecule has 0 radical (unpaired) electrons. The number of nitrogens with one attached hydrogen (secondary N) is 2. The van der Waals surface area contributed by atoms with E-state index in [9.17, 15) is 0 Å². The zero-order valence-electron chi connectivity index (χ0n) is 16.1. The molecule has 1 saturated heterocycles. The van der Waals surface area contributed by atoms with Gasteiger partial charge in [0.25, 0.3) is 0 Å². The van der Waals surface area contributed by atoms with Gasteiger partial charge in [-0.1, -0.05) is 19.6 Å². The number of aromatic amines is 1. The van der Waals surface area contributed by atoms with E-state index in [0.717, 1.165) is 30.1 Å². The van der Waals surface area contributed by atoms with Crippen molar-refractivity contribution in [3.05, 3.63) is 36.2 Å². The molecule has 0 saturated carbocycles. The van der Waals surface area contributed by atoms with Gasteiger partial charge in [0.1, 0.15) is 11.3 Å². The zero-order chi connectivity index (χ0) is 19.0. The lowest BCUT2D eigenvalue weighted by molar-refractivity contribution is 0.128. The lowest BCUT2D eigenvalue weighted by atomic mass is 10.0. The largest absolute Gasteiger partial charge is 0.375 e. The SMILES string of the molecule is C[Si](C)(C)CCOCc1nc2[nH]ccc2c(-c2cnn(C3CNC3)c2)c1F. The van der Waals surface area contributed by atoms with Crippen LogP contribution >= 0.6 is 0 Å². The maximum atomic E-state index is 15.3. The summed E-state index contributed by atoms with van der Waals surface area (Å²) >= 11 is 0. The molecule has 0 amide bonds. The molecule has 8 heteroatoms. The number of ether oxygens (including phenoxy) is 1. The van der Waals surface area contributed by atoms with Crippen LogP contribution in [0.25, 0.3) is 22.2 Å². The van der Waals surface area contributed by atoms with Gasteiger partial charge in [0.05, 0.1) is 18.8 Å². The molecule has 3 aromatic heterocycles. The number of rotatable bonds is 7. The highest BCUT2D eigenvalue weighted by Gasteiger charge is 2.23. The summed E-state index contributed by atoms with van der Waals surface area (Å²) < 4.78 is 23.0. The van der Waals surface area contributed by atoms with Gasteiger partial charge in [0.2, 0.25) is 0 Å². The summed E-state index contributed by atoms with van der Waals surface area (Å²) in [6.45, 7) is 9.51. The fourth-order valence-electron chi connectivity index (χ4n) is 3.15. The second kappa shape index (κ2) is 7.18. The lowest BCUT2D eigenvalue weighted by Crippen LogP contribution is -2.43. The molecule has 2 N–H and O–H groups in total. The van der Waals surface area contributed by atoms with Gasteiger partial charge in [-0.05, 0) is 12.1 Å². The summed E-state index contributed by atoms with van der Waals surface area (Å²) in [6.07, 6.45) is 5.45. The highest BCUT2D eigenvalue weighted by Crippen LogP contribution is 2.32. The molecule has 3 aromatic rings. The van der Waals surface area contributed by atoms with Crippen LogP contribution in [-0.4, -0.2) is 47.5 Å². The summed E-state index contributed by atoms with van der Waals surface area (Å²) in [4.78, 5) is 7.54. The van der Waals surface area contributed by atoms with Gasteiger partial charge < -0.3 is 15.0 Å². The van der Waals surface area contributed by atoms with Gasteiger partial charge >= 0.3 is 0 Å². The first-order valence-corrected chi connectivity index (χ1v) is 13.1. The topological polar surface area (TPSA) is 67.8 Å². The minimum atomic E-state index is -1.17. The third-order valence-corrected chi connectivity index (χ3v) is 6.68. The highest BCUT2D eigenvalue weighted by molar-refractivity contribution is 6.76. The van der Waals surface area contributed by atoms with Crippen LogP contribution in [0.2, 0.25) is 25.7 Å². The number of H-pyrrole nitrogens is 1. The Bertz CT molecular complexity index is 941. The molecule has 0 atom stereocenters. The van der Waals surface area contributed by atoms with Crippen LogP contribution < -0.4 is 5.32 Å². The lowest BCUT2D eigenvalue weighted by Gasteiger charge is -2.27. The number of pyridine rings is 1. The minimum Gasteiger partial charge on any atom is -0.375 e. The molecule has 4 rings (SSSR count). The van der Waals surface area contributed by atoms with Crippen LogP contribution in [0.1, 0.15) is 11.7 Å². The average Bonchev–Trinajstić information content (AvgIpc) is 3.19. The van der Waals surface area contributed by atoms with Crippen molar-refractivity contribution >= 4 is 19.1 Å². The third-order valence-electron chi connectivity index (χ3n) is 4.97. The smallest absolute Gasteiger partial charge is 0.155 e. The number of fused-ring (bicyclic) bond motifs is 1. The summed E-state index contributed by atoms with van der Waals surface area (Å²) in [6, 6.07) is 3.25. The van der Waals surface area contributed by atoms with E-state index in [4.69, 9.17) is 4.74 Å². The molecular weight excluding hydrogens is 361 g/mol. The fraction of sp³-hybridized carbons (Fsp3) is 0.474. The van der Waals surface area contributed by atoms with Crippen LogP contribution in [0.5, 0.6) is 0 Å². The van der Waals surface area contributed by atoms with E-state index in [1.54, 1.807) is 12.4 Å². The molecule has 0 spiro atoms. The maximum Gasteiger partial charge on any atom is 0.155 e. The van der Waals surface area contributed by atoms with Crippen molar-refractivity contribution in [1.82, 2.24) is 25.1 Å². The molecule has 0 aromatic carbocycles. The normalized spacial score (nSPS) is 15.4. The van der Waals surface area contributed by atoms with Gasteiger partial charge in [-0.15, -0.1) is 0 Å². The average molecular weight is 388 g/mol.